The van der Waals surface area contributed by atoms with Gasteiger partial charge in [0.2, 0.25) is 5.60 Å². The number of rotatable bonds is 3. The second-order valence-corrected chi connectivity index (χ2v) is 4.89. The number of carbonyl (C=O) groups excluding carboxylic acids is 2. The minimum absolute atomic E-state index is 0.172. The normalized spacial score (nSPS) is 23.6. The van der Waals surface area contributed by atoms with Crippen molar-refractivity contribution < 1.29 is 19.1 Å². The van der Waals surface area contributed by atoms with E-state index in [4.69, 9.17) is 9.47 Å². The van der Waals surface area contributed by atoms with Gasteiger partial charge in [0.05, 0.1) is 13.2 Å². The van der Waals surface area contributed by atoms with Crippen molar-refractivity contribution >= 4 is 11.9 Å². The molecule has 1 aliphatic carbocycles. The molecule has 17 heavy (non-hydrogen) atoms. The molecule has 0 radical (unpaired) electrons. The predicted molar refractivity (Wildman–Crippen MR) is 60.3 cm³/mol. The summed E-state index contributed by atoms with van der Waals surface area (Å²) in [5, 5.41) is 2.97. The first-order valence-electron chi connectivity index (χ1n) is 6.21. The molecule has 1 saturated heterocycles. The van der Waals surface area contributed by atoms with E-state index in [0.717, 1.165) is 25.7 Å². The number of carbonyl (C=O) groups is 2. The third kappa shape index (κ3) is 2.77. The number of ether oxygens (including phenoxy) is 2. The van der Waals surface area contributed by atoms with Gasteiger partial charge in [0, 0.05) is 13.0 Å². The summed E-state index contributed by atoms with van der Waals surface area (Å²) in [6.45, 7) is 1.66. The first-order valence-corrected chi connectivity index (χ1v) is 6.21. The Balaban J connectivity index is 1.90. The van der Waals surface area contributed by atoms with E-state index in [0.29, 0.717) is 0 Å². The monoisotopic (exact) mass is 241 g/mol. The van der Waals surface area contributed by atoms with Crippen molar-refractivity contribution in [1.29, 1.82) is 0 Å². The summed E-state index contributed by atoms with van der Waals surface area (Å²) in [6.07, 6.45) is 5.58. The second kappa shape index (κ2) is 5.04. The molecule has 0 aromatic carbocycles. The molecule has 1 saturated carbocycles. The van der Waals surface area contributed by atoms with Crippen LogP contribution in [0.15, 0.2) is 0 Å². The Labute approximate surface area is 101 Å². The van der Waals surface area contributed by atoms with Gasteiger partial charge in [-0.15, -0.1) is 0 Å². The van der Waals surface area contributed by atoms with Crippen LogP contribution in [0.1, 0.15) is 39.0 Å². The Bertz CT molecular complexity index is 306. The number of hydrogen-bond acceptors (Lipinski definition) is 4. The van der Waals surface area contributed by atoms with Gasteiger partial charge in [-0.3, -0.25) is 9.59 Å². The highest BCUT2D eigenvalue weighted by molar-refractivity contribution is 5.89. The van der Waals surface area contributed by atoms with Crippen molar-refractivity contribution in [3.8, 4) is 0 Å². The number of amides is 1. The van der Waals surface area contributed by atoms with Crippen LogP contribution in [-0.4, -0.2) is 36.7 Å². The van der Waals surface area contributed by atoms with Gasteiger partial charge in [-0.05, 0) is 12.8 Å². The average Bonchev–Trinajstić information content (AvgIpc) is 2.24. The smallest absolute Gasteiger partial charge is 0.303 e. The van der Waals surface area contributed by atoms with E-state index in [9.17, 15) is 9.59 Å². The van der Waals surface area contributed by atoms with Gasteiger partial charge in [-0.2, -0.15) is 0 Å². The van der Waals surface area contributed by atoms with E-state index in [1.165, 1.54) is 13.3 Å². The van der Waals surface area contributed by atoms with Crippen molar-refractivity contribution in [2.45, 2.75) is 50.7 Å². The van der Waals surface area contributed by atoms with Crippen molar-refractivity contribution in [2.75, 3.05) is 13.2 Å². The van der Waals surface area contributed by atoms with E-state index in [1.807, 2.05) is 0 Å². The molecular formula is C12H19NO4. The summed E-state index contributed by atoms with van der Waals surface area (Å²) in [5.41, 5.74) is -1.07. The Morgan fingerprint density at radius 3 is 2.35 bits per heavy atom. The van der Waals surface area contributed by atoms with Gasteiger partial charge in [-0.25, -0.2) is 0 Å². The highest BCUT2D eigenvalue weighted by Gasteiger charge is 2.49. The average molecular weight is 241 g/mol. The summed E-state index contributed by atoms with van der Waals surface area (Å²) in [4.78, 5) is 23.1. The molecule has 2 aliphatic rings. The third-order valence-electron chi connectivity index (χ3n) is 3.36. The quantitative estimate of drug-likeness (QED) is 0.741. The largest absolute Gasteiger partial charge is 0.444 e. The maximum absolute atomic E-state index is 12.1. The molecule has 5 heteroatoms. The molecule has 2 rings (SSSR count). The zero-order valence-corrected chi connectivity index (χ0v) is 10.2. The van der Waals surface area contributed by atoms with E-state index >= 15 is 0 Å². The number of hydrogen-bond donors (Lipinski definition) is 1. The van der Waals surface area contributed by atoms with Gasteiger partial charge in [0.1, 0.15) is 0 Å². The van der Waals surface area contributed by atoms with Crippen LogP contribution in [0, 0.1) is 0 Å². The van der Waals surface area contributed by atoms with Crippen molar-refractivity contribution in [1.82, 2.24) is 5.32 Å². The Kier molecular flexibility index (Phi) is 3.66. The molecule has 96 valence electrons. The molecule has 1 aliphatic heterocycles. The zero-order valence-electron chi connectivity index (χ0n) is 10.2. The maximum atomic E-state index is 12.1. The predicted octanol–water partition coefficient (Wildman–Crippen LogP) is 0.767. The molecule has 1 N–H and O–H groups in total. The van der Waals surface area contributed by atoms with Gasteiger partial charge in [0.25, 0.3) is 5.91 Å². The fourth-order valence-corrected chi connectivity index (χ4v) is 2.36. The van der Waals surface area contributed by atoms with E-state index in [-0.39, 0.29) is 25.2 Å². The van der Waals surface area contributed by atoms with Crippen LogP contribution in [0.5, 0.6) is 0 Å². The fourth-order valence-electron chi connectivity index (χ4n) is 2.36. The minimum Gasteiger partial charge on any atom is -0.444 e. The van der Waals surface area contributed by atoms with Crippen molar-refractivity contribution in [3.05, 3.63) is 0 Å². The first kappa shape index (κ1) is 12.4. The van der Waals surface area contributed by atoms with Gasteiger partial charge in [-0.1, -0.05) is 19.3 Å². The fraction of sp³-hybridized carbons (Fsp3) is 0.833. The molecule has 0 atom stereocenters. The topological polar surface area (TPSA) is 64.6 Å². The van der Waals surface area contributed by atoms with E-state index < -0.39 is 11.6 Å². The highest BCUT2D eigenvalue weighted by Crippen LogP contribution is 2.24. The molecule has 0 aromatic rings. The molecule has 0 bridgehead atoms. The van der Waals surface area contributed by atoms with Crippen LogP contribution >= 0.6 is 0 Å². The zero-order chi connectivity index (χ0) is 12.3. The minimum atomic E-state index is -1.07. The molecule has 0 unspecified atom stereocenters. The molecular weight excluding hydrogens is 222 g/mol. The lowest BCUT2D eigenvalue weighted by molar-refractivity contribution is -0.212. The van der Waals surface area contributed by atoms with Gasteiger partial charge >= 0.3 is 5.97 Å². The lowest BCUT2D eigenvalue weighted by Gasteiger charge is -2.39. The standard InChI is InChI=1S/C12H19NO4/c1-9(14)17-12(7-16-8-12)11(15)13-10-5-3-2-4-6-10/h10H,2-8H2,1H3,(H,13,15). The van der Waals surface area contributed by atoms with Crippen LogP contribution < -0.4 is 5.32 Å². The van der Waals surface area contributed by atoms with Crippen LogP contribution in [0.25, 0.3) is 0 Å². The Hall–Kier alpha value is -1.10. The molecule has 1 amide bonds. The number of nitrogens with one attached hydrogen (secondary N) is 1. The van der Waals surface area contributed by atoms with E-state index in [1.54, 1.807) is 0 Å². The lowest BCUT2D eigenvalue weighted by atomic mass is 9.93. The molecule has 0 spiro atoms. The van der Waals surface area contributed by atoms with Crippen LogP contribution in [-0.2, 0) is 19.1 Å². The SMILES string of the molecule is CC(=O)OC1(C(=O)NC2CCCCC2)COC1. The molecule has 5 nitrogen and oxygen atoms in total. The summed E-state index contributed by atoms with van der Waals surface area (Å²) in [7, 11) is 0. The van der Waals surface area contributed by atoms with Crippen LogP contribution in [0.2, 0.25) is 0 Å². The van der Waals surface area contributed by atoms with Crippen LogP contribution in [0.3, 0.4) is 0 Å². The van der Waals surface area contributed by atoms with Crippen LogP contribution in [0.4, 0.5) is 0 Å². The Morgan fingerprint density at radius 2 is 1.88 bits per heavy atom. The highest BCUT2D eigenvalue weighted by atomic mass is 16.6. The van der Waals surface area contributed by atoms with Gasteiger partial charge < -0.3 is 14.8 Å². The molecule has 1 heterocycles. The van der Waals surface area contributed by atoms with Crippen molar-refractivity contribution in [2.24, 2.45) is 0 Å². The van der Waals surface area contributed by atoms with Crippen molar-refractivity contribution in [3.63, 3.8) is 0 Å². The lowest BCUT2D eigenvalue weighted by Crippen LogP contribution is -2.63. The molecule has 2 fully saturated rings. The summed E-state index contributed by atoms with van der Waals surface area (Å²) in [5.74, 6) is -0.641. The molecule has 0 aromatic heterocycles. The number of esters is 1. The maximum Gasteiger partial charge on any atom is 0.303 e. The second-order valence-electron chi connectivity index (χ2n) is 4.89. The summed E-state index contributed by atoms with van der Waals surface area (Å²) < 4.78 is 10.1. The Morgan fingerprint density at radius 1 is 1.24 bits per heavy atom. The summed E-state index contributed by atoms with van der Waals surface area (Å²) in [6, 6.07) is 0.226. The van der Waals surface area contributed by atoms with E-state index in [2.05, 4.69) is 5.32 Å². The summed E-state index contributed by atoms with van der Waals surface area (Å²) >= 11 is 0. The third-order valence-corrected chi connectivity index (χ3v) is 3.36. The first-order chi connectivity index (χ1) is 8.12. The van der Waals surface area contributed by atoms with Gasteiger partial charge in [0.15, 0.2) is 0 Å².